The van der Waals surface area contributed by atoms with Crippen molar-refractivity contribution in [1.29, 1.82) is 0 Å². The molecule has 168 valence electrons. The molecule has 1 aromatic carbocycles. The van der Waals surface area contributed by atoms with E-state index in [2.05, 4.69) is 64.9 Å². The highest BCUT2D eigenvalue weighted by molar-refractivity contribution is 8.32. The van der Waals surface area contributed by atoms with E-state index in [1.165, 1.54) is 5.69 Å². The second kappa shape index (κ2) is 9.36. The Morgan fingerprint density at radius 2 is 1.71 bits per heavy atom. The maximum atomic E-state index is 6.22. The quantitative estimate of drug-likeness (QED) is 0.390. The topological polar surface area (TPSA) is 46.4 Å². The molecule has 2 aromatic heterocycles. The van der Waals surface area contributed by atoms with E-state index in [4.69, 9.17) is 21.4 Å². The van der Waals surface area contributed by atoms with Gasteiger partial charge in [0, 0.05) is 43.2 Å². The number of rotatable bonds is 7. The Bertz CT molecular complexity index is 1020. The number of aromatic nitrogens is 3. The number of hydrogen-bond acceptors (Lipinski definition) is 5. The van der Waals surface area contributed by atoms with Crippen LogP contribution in [0.15, 0.2) is 36.4 Å². The van der Waals surface area contributed by atoms with Crippen molar-refractivity contribution < 1.29 is 4.74 Å². The van der Waals surface area contributed by atoms with Crippen LogP contribution in [0.25, 0.3) is 22.3 Å². The van der Waals surface area contributed by atoms with Crippen LogP contribution in [0.2, 0.25) is 5.15 Å². The Hall–Kier alpha value is -1.80. The fourth-order valence-corrected chi connectivity index (χ4v) is 4.45. The number of benzene rings is 1. The zero-order chi connectivity index (χ0) is 22.0. The second-order valence-electron chi connectivity index (χ2n) is 9.02. The average molecular weight is 462 g/mol. The summed E-state index contributed by atoms with van der Waals surface area (Å²) in [4.78, 5) is 9.37. The first-order chi connectivity index (χ1) is 14.8. The molecule has 1 aliphatic heterocycles. The molecule has 1 saturated heterocycles. The van der Waals surface area contributed by atoms with Crippen molar-refractivity contribution in [3.63, 3.8) is 0 Å². The molecule has 0 unspecified atom stereocenters. The lowest BCUT2D eigenvalue weighted by Crippen LogP contribution is -2.44. The Labute approximate surface area is 191 Å². The molecule has 8 heteroatoms. The van der Waals surface area contributed by atoms with Gasteiger partial charge in [-0.3, -0.25) is 0 Å². The molecule has 0 bridgehead atoms. The van der Waals surface area contributed by atoms with Gasteiger partial charge in [-0.2, -0.15) is 5.10 Å². The molecule has 3 aromatic rings. The molecule has 3 heterocycles. The van der Waals surface area contributed by atoms with Crippen LogP contribution < -0.4 is 4.90 Å². The molecular formula is C23H32ClN5OS. The van der Waals surface area contributed by atoms with Crippen molar-refractivity contribution in [3.8, 4) is 11.3 Å². The predicted octanol–water partition coefficient (Wildman–Crippen LogP) is 4.17. The Balaban J connectivity index is 1.56. The van der Waals surface area contributed by atoms with Gasteiger partial charge in [0.15, 0.2) is 0 Å². The molecule has 0 aliphatic carbocycles. The van der Waals surface area contributed by atoms with Crippen LogP contribution in [0.5, 0.6) is 0 Å². The van der Waals surface area contributed by atoms with Gasteiger partial charge in [0.25, 0.3) is 0 Å². The summed E-state index contributed by atoms with van der Waals surface area (Å²) in [6.45, 7) is 5.44. The SMILES string of the molecule is CN1CCN(c2ccc(-c3nn(COCCS(C)(C)C)c4ccc(Cl)nc34)cc2)CC1. The van der Waals surface area contributed by atoms with Crippen molar-refractivity contribution in [2.45, 2.75) is 6.73 Å². The van der Waals surface area contributed by atoms with E-state index in [0.717, 1.165) is 60.8 Å². The molecule has 0 N–H and O–H groups in total. The van der Waals surface area contributed by atoms with Gasteiger partial charge in [-0.05, 0) is 50.1 Å². The van der Waals surface area contributed by atoms with Crippen LogP contribution >= 0.6 is 21.6 Å². The molecule has 1 aliphatic rings. The number of pyridine rings is 1. The average Bonchev–Trinajstić information content (AvgIpc) is 3.09. The normalized spacial score (nSPS) is 16.2. The fraction of sp³-hybridized carbons (Fsp3) is 0.478. The zero-order valence-corrected chi connectivity index (χ0v) is 20.4. The Kier molecular flexibility index (Phi) is 6.77. The van der Waals surface area contributed by atoms with Crippen molar-refractivity contribution in [3.05, 3.63) is 41.6 Å². The molecule has 0 saturated carbocycles. The Morgan fingerprint density at radius 1 is 1.00 bits per heavy atom. The van der Waals surface area contributed by atoms with E-state index in [1.54, 1.807) is 0 Å². The van der Waals surface area contributed by atoms with E-state index >= 15 is 0 Å². The van der Waals surface area contributed by atoms with E-state index in [1.807, 2.05) is 16.8 Å². The van der Waals surface area contributed by atoms with Gasteiger partial charge in [-0.15, -0.1) is 0 Å². The van der Waals surface area contributed by atoms with Gasteiger partial charge in [0.1, 0.15) is 23.1 Å². The first kappa shape index (κ1) is 22.4. The minimum absolute atomic E-state index is 0.411. The number of fused-ring (bicyclic) bond motifs is 1. The van der Waals surface area contributed by atoms with E-state index in [9.17, 15) is 0 Å². The number of hydrogen-bond donors (Lipinski definition) is 0. The molecule has 4 rings (SSSR count). The largest absolute Gasteiger partial charge is 0.369 e. The minimum Gasteiger partial charge on any atom is -0.369 e. The molecule has 0 radical (unpaired) electrons. The summed E-state index contributed by atoms with van der Waals surface area (Å²) in [5, 5.41) is 5.32. The number of halogens is 1. The molecule has 1 fully saturated rings. The third-order valence-electron chi connectivity index (χ3n) is 5.63. The van der Waals surface area contributed by atoms with Crippen molar-refractivity contribution in [2.24, 2.45) is 0 Å². The van der Waals surface area contributed by atoms with Gasteiger partial charge in [-0.1, -0.05) is 23.7 Å². The zero-order valence-electron chi connectivity index (χ0n) is 18.8. The number of anilines is 1. The van der Waals surface area contributed by atoms with Crippen LogP contribution in [0.1, 0.15) is 0 Å². The van der Waals surface area contributed by atoms with Gasteiger partial charge in [0.05, 0.1) is 12.1 Å². The number of piperazine rings is 1. The van der Waals surface area contributed by atoms with Gasteiger partial charge in [0.2, 0.25) is 0 Å². The highest BCUT2D eigenvalue weighted by atomic mass is 35.5. The standard InChI is InChI=1S/C23H32ClN5OS/c1-27-11-13-28(14-12-27)19-7-5-18(6-8-19)22-23-20(9-10-21(24)25-23)29(26-22)17-30-15-16-31(2,3)4/h5-10H,11-17H2,1-4H3. The maximum absolute atomic E-state index is 6.22. The first-order valence-corrected chi connectivity index (χ1v) is 14.0. The van der Waals surface area contributed by atoms with Gasteiger partial charge in [-0.25, -0.2) is 19.7 Å². The van der Waals surface area contributed by atoms with Crippen LogP contribution in [-0.2, 0) is 11.5 Å². The number of likely N-dealkylation sites (N-methyl/N-ethyl adjacent to an activating group) is 1. The number of ether oxygens (including phenoxy) is 1. The molecule has 0 spiro atoms. The summed E-state index contributed by atoms with van der Waals surface area (Å²) in [7, 11) is 1.60. The highest BCUT2D eigenvalue weighted by Gasteiger charge is 2.17. The summed E-state index contributed by atoms with van der Waals surface area (Å²) in [6.07, 6.45) is 6.90. The van der Waals surface area contributed by atoms with Crippen LogP contribution in [0.3, 0.4) is 0 Å². The summed E-state index contributed by atoms with van der Waals surface area (Å²) >= 11 is 6.22. The summed E-state index contributed by atoms with van der Waals surface area (Å²) in [6, 6.07) is 12.4. The first-order valence-electron chi connectivity index (χ1n) is 10.6. The third kappa shape index (κ3) is 5.52. The number of nitrogens with zero attached hydrogens (tertiary/aromatic N) is 5. The molecule has 0 atom stereocenters. The lowest BCUT2D eigenvalue weighted by Gasteiger charge is -2.34. The maximum Gasteiger partial charge on any atom is 0.140 e. The molecular weight excluding hydrogens is 430 g/mol. The molecule has 31 heavy (non-hydrogen) atoms. The minimum atomic E-state index is -0.572. The summed E-state index contributed by atoms with van der Waals surface area (Å²) < 4.78 is 7.83. The lowest BCUT2D eigenvalue weighted by molar-refractivity contribution is 0.0842. The highest BCUT2D eigenvalue weighted by Crippen LogP contribution is 2.34. The monoisotopic (exact) mass is 461 g/mol. The van der Waals surface area contributed by atoms with E-state index in [-0.39, 0.29) is 0 Å². The van der Waals surface area contributed by atoms with Gasteiger partial charge >= 0.3 is 0 Å². The van der Waals surface area contributed by atoms with Crippen molar-refractivity contribution in [1.82, 2.24) is 19.7 Å². The van der Waals surface area contributed by atoms with Crippen molar-refractivity contribution in [2.75, 3.05) is 69.3 Å². The van der Waals surface area contributed by atoms with E-state index in [0.29, 0.717) is 11.9 Å². The van der Waals surface area contributed by atoms with Crippen LogP contribution in [0, 0.1) is 0 Å². The smallest absolute Gasteiger partial charge is 0.140 e. The summed E-state index contributed by atoms with van der Waals surface area (Å²) in [5.74, 6) is 1.08. The van der Waals surface area contributed by atoms with Crippen LogP contribution in [-0.4, -0.2) is 84.0 Å². The third-order valence-corrected chi connectivity index (χ3v) is 7.23. The second-order valence-corrected chi connectivity index (χ2v) is 14.0. The lowest BCUT2D eigenvalue weighted by atomic mass is 10.1. The van der Waals surface area contributed by atoms with Gasteiger partial charge < -0.3 is 14.5 Å². The fourth-order valence-electron chi connectivity index (χ4n) is 3.68. The van der Waals surface area contributed by atoms with Crippen molar-refractivity contribution >= 4 is 38.3 Å². The Morgan fingerprint density at radius 3 is 2.39 bits per heavy atom. The van der Waals surface area contributed by atoms with E-state index < -0.39 is 10.0 Å². The summed E-state index contributed by atoms with van der Waals surface area (Å²) in [5.41, 5.74) is 4.87. The molecule has 6 nitrogen and oxygen atoms in total. The molecule has 0 amide bonds. The predicted molar refractivity (Wildman–Crippen MR) is 134 cm³/mol. The van der Waals surface area contributed by atoms with Crippen LogP contribution in [0.4, 0.5) is 5.69 Å².